The van der Waals surface area contributed by atoms with Crippen molar-refractivity contribution in [3.05, 3.63) is 29.6 Å². The summed E-state index contributed by atoms with van der Waals surface area (Å²) in [6.45, 7) is 14.0. The van der Waals surface area contributed by atoms with Crippen molar-refractivity contribution in [2.45, 2.75) is 108 Å². The van der Waals surface area contributed by atoms with Crippen LogP contribution in [0, 0.1) is 0 Å². The molecule has 10 nitrogen and oxygen atoms in total. The van der Waals surface area contributed by atoms with Gasteiger partial charge < -0.3 is 29.0 Å². The van der Waals surface area contributed by atoms with Crippen molar-refractivity contribution in [3.8, 4) is 0 Å². The number of nitrogens with one attached hydrogen (secondary N) is 2. The lowest BCUT2D eigenvalue weighted by Gasteiger charge is -2.38. The number of fused-ring (bicyclic) bond motifs is 1. The summed E-state index contributed by atoms with van der Waals surface area (Å²) in [5.41, 5.74) is 1.99. The first-order valence-electron chi connectivity index (χ1n) is 15.3. The van der Waals surface area contributed by atoms with Crippen molar-refractivity contribution in [3.63, 3.8) is 0 Å². The molecule has 1 aliphatic heterocycles. The minimum Gasteiger partial charge on any atom is -0.382 e. The Bertz CT molecular complexity index is 1330. The van der Waals surface area contributed by atoms with E-state index in [4.69, 9.17) is 19.2 Å². The maximum atomic E-state index is 14.4. The van der Waals surface area contributed by atoms with Crippen LogP contribution in [0.3, 0.4) is 0 Å². The quantitative estimate of drug-likeness (QED) is 0.198. The van der Waals surface area contributed by atoms with Gasteiger partial charge in [-0.25, -0.2) is 27.5 Å². The van der Waals surface area contributed by atoms with E-state index in [1.165, 1.54) is 7.11 Å². The van der Waals surface area contributed by atoms with Gasteiger partial charge in [0.25, 0.3) is 5.92 Å². The van der Waals surface area contributed by atoms with E-state index in [0.29, 0.717) is 23.5 Å². The van der Waals surface area contributed by atoms with Crippen LogP contribution in [-0.2, 0) is 31.9 Å². The van der Waals surface area contributed by atoms with Gasteiger partial charge in [-0.15, -0.1) is 0 Å². The Morgan fingerprint density at radius 1 is 1.25 bits per heavy atom. The number of carbonyl (C=O) groups is 1. The molecule has 0 bridgehead atoms. The van der Waals surface area contributed by atoms with Crippen molar-refractivity contribution < 1.29 is 32.0 Å². The van der Waals surface area contributed by atoms with Crippen molar-refractivity contribution in [2.75, 3.05) is 33.4 Å². The second kappa shape index (κ2) is 13.8. The summed E-state index contributed by atoms with van der Waals surface area (Å²) < 4.78 is 64.7. The summed E-state index contributed by atoms with van der Waals surface area (Å²) in [6.07, 6.45) is 1.80. The highest BCUT2D eigenvalue weighted by molar-refractivity contribution is 7.84. The second-order valence-electron chi connectivity index (χ2n) is 14.1. The van der Waals surface area contributed by atoms with E-state index in [1.54, 1.807) is 0 Å². The standard InChI is InChI=1S/C30H49F2N5O5SSi/c1-20(42-22-10-11-22)26(35-43(39)29(2,3)4)27-34-23-15-21(9-12-24(23)37(27)19-41-13-14-44(6,7)8)25(16-40-5)36-18-30(31,32)17-33-28(36)38/h9,12,15,20,22,25-26,35H,10-11,13-14,16-19H2,1-8H3,(H,33,38)/t20-,25-,26+,43-/m1/s1. The van der Waals surface area contributed by atoms with Crippen molar-refractivity contribution >= 4 is 36.1 Å². The molecule has 1 saturated carbocycles. The summed E-state index contributed by atoms with van der Waals surface area (Å²) >= 11 is 0. The minimum absolute atomic E-state index is 0.0311. The van der Waals surface area contributed by atoms with Gasteiger partial charge in [0.05, 0.1) is 64.7 Å². The van der Waals surface area contributed by atoms with E-state index in [1.807, 2.05) is 50.5 Å². The summed E-state index contributed by atoms with van der Waals surface area (Å²) in [5.74, 6) is -2.45. The number of urea groups is 1. The summed E-state index contributed by atoms with van der Waals surface area (Å²) in [4.78, 5) is 18.8. The number of benzene rings is 1. The van der Waals surface area contributed by atoms with Crippen LogP contribution in [0.1, 0.15) is 64.0 Å². The molecule has 44 heavy (non-hydrogen) atoms. The molecule has 1 aromatic heterocycles. The predicted molar refractivity (Wildman–Crippen MR) is 171 cm³/mol. The fourth-order valence-corrected chi connectivity index (χ4v) is 6.61. The lowest BCUT2D eigenvalue weighted by atomic mass is 10.0. The molecule has 2 N–H and O–H groups in total. The fraction of sp³-hybridized carbons (Fsp3) is 0.733. The highest BCUT2D eigenvalue weighted by Crippen LogP contribution is 2.34. The van der Waals surface area contributed by atoms with Crippen LogP contribution in [0.5, 0.6) is 0 Å². The molecule has 1 aliphatic carbocycles. The summed E-state index contributed by atoms with van der Waals surface area (Å²) in [6, 6.07) is 4.65. The summed E-state index contributed by atoms with van der Waals surface area (Å²) in [5, 5.41) is 2.30. The zero-order valence-corrected chi connectivity index (χ0v) is 29.1. The monoisotopic (exact) mass is 657 g/mol. The van der Waals surface area contributed by atoms with Gasteiger partial charge in [-0.1, -0.05) is 25.7 Å². The fourth-order valence-electron chi connectivity index (χ4n) is 4.98. The third-order valence-electron chi connectivity index (χ3n) is 7.73. The van der Waals surface area contributed by atoms with Gasteiger partial charge in [0.2, 0.25) is 0 Å². The van der Waals surface area contributed by atoms with Crippen molar-refractivity contribution in [1.82, 2.24) is 24.5 Å². The topological polar surface area (TPSA) is 107 Å². The Kier molecular flexibility index (Phi) is 10.9. The van der Waals surface area contributed by atoms with E-state index >= 15 is 0 Å². The van der Waals surface area contributed by atoms with Crippen LogP contribution in [0.25, 0.3) is 11.0 Å². The number of amides is 2. The molecule has 248 valence electrons. The van der Waals surface area contributed by atoms with Gasteiger partial charge in [-0.3, -0.25) is 0 Å². The van der Waals surface area contributed by atoms with Crippen molar-refractivity contribution in [2.24, 2.45) is 0 Å². The van der Waals surface area contributed by atoms with Gasteiger partial charge in [0.1, 0.15) is 18.6 Å². The molecule has 1 aromatic carbocycles. The number of imidazole rings is 1. The number of methoxy groups -OCH3 is 1. The average molecular weight is 658 g/mol. The van der Waals surface area contributed by atoms with E-state index in [2.05, 4.69) is 29.7 Å². The Labute approximate surface area is 263 Å². The number of alkyl halides is 2. The molecule has 2 aliphatic rings. The molecule has 14 heteroatoms. The normalized spacial score (nSPS) is 20.4. The first-order chi connectivity index (χ1) is 20.5. The van der Waals surface area contributed by atoms with E-state index in [0.717, 1.165) is 29.3 Å². The number of halogens is 2. The Morgan fingerprint density at radius 2 is 1.95 bits per heavy atom. The molecule has 0 unspecified atom stereocenters. The summed E-state index contributed by atoms with van der Waals surface area (Å²) in [7, 11) is -1.27. The molecule has 4 atom stereocenters. The molecule has 2 aromatic rings. The average Bonchev–Trinajstić information content (AvgIpc) is 3.66. The third-order valence-corrected chi connectivity index (χ3v) is 11.0. The van der Waals surface area contributed by atoms with Crippen LogP contribution in [0.15, 0.2) is 18.2 Å². The minimum atomic E-state index is -3.06. The molecule has 1 saturated heterocycles. The maximum Gasteiger partial charge on any atom is 0.318 e. The molecule has 4 rings (SSSR count). The highest BCUT2D eigenvalue weighted by Gasteiger charge is 2.42. The lowest BCUT2D eigenvalue weighted by molar-refractivity contribution is -0.0509. The Balaban J connectivity index is 1.76. The zero-order valence-electron chi connectivity index (χ0n) is 27.2. The molecule has 2 fully saturated rings. The zero-order chi connectivity index (χ0) is 32.4. The number of nitrogens with zero attached hydrogens (tertiary/aromatic N) is 3. The number of aromatic nitrogens is 2. The number of ether oxygens (including phenoxy) is 3. The second-order valence-corrected chi connectivity index (χ2v) is 21.7. The molecule has 0 spiro atoms. The number of hydrogen-bond donors (Lipinski definition) is 2. The number of carbonyl (C=O) groups excluding carboxylic acids is 1. The predicted octanol–water partition coefficient (Wildman–Crippen LogP) is 5.36. The maximum absolute atomic E-state index is 14.4. The van der Waals surface area contributed by atoms with Crippen molar-refractivity contribution in [1.29, 1.82) is 0 Å². The third kappa shape index (κ3) is 9.06. The molecular weight excluding hydrogens is 609 g/mol. The van der Waals surface area contributed by atoms with Crippen LogP contribution in [0.2, 0.25) is 25.7 Å². The SMILES string of the molecule is COC[C@H](c1ccc2c(c1)nc([C@@H](N[S@](=O)C(C)(C)C)[C@@H](C)OC1CC1)n2COCC[Si](C)(C)C)N1CC(F)(F)CNC1=O. The largest absolute Gasteiger partial charge is 0.382 e. The number of hydrogen-bond acceptors (Lipinski definition) is 6. The molecule has 0 radical (unpaired) electrons. The smallest absolute Gasteiger partial charge is 0.318 e. The van der Waals surface area contributed by atoms with Gasteiger partial charge in [-0.05, 0) is 64.3 Å². The van der Waals surface area contributed by atoms with E-state index in [9.17, 15) is 17.8 Å². The van der Waals surface area contributed by atoms with Crippen LogP contribution < -0.4 is 10.0 Å². The lowest BCUT2D eigenvalue weighted by Crippen LogP contribution is -2.58. The van der Waals surface area contributed by atoms with E-state index in [-0.39, 0.29) is 25.5 Å². The van der Waals surface area contributed by atoms with Crippen LogP contribution in [-0.4, -0.2) is 89.1 Å². The van der Waals surface area contributed by atoms with E-state index < -0.39 is 60.9 Å². The van der Waals surface area contributed by atoms with Gasteiger partial charge in [0.15, 0.2) is 0 Å². The van der Waals surface area contributed by atoms with Gasteiger partial charge >= 0.3 is 6.03 Å². The molecule has 2 heterocycles. The molecular formula is C30H49F2N5O5SSi. The van der Waals surface area contributed by atoms with Gasteiger partial charge in [-0.2, -0.15) is 0 Å². The Morgan fingerprint density at radius 3 is 2.57 bits per heavy atom. The first-order valence-corrected chi connectivity index (χ1v) is 20.2. The molecule has 2 amide bonds. The first kappa shape index (κ1) is 34.9. The van der Waals surface area contributed by atoms with Gasteiger partial charge in [0, 0.05) is 21.8 Å². The number of rotatable bonds is 15. The van der Waals surface area contributed by atoms with Crippen LogP contribution >= 0.6 is 0 Å². The van der Waals surface area contributed by atoms with Crippen LogP contribution in [0.4, 0.5) is 13.6 Å². The Hall–Kier alpha value is -1.97. The highest BCUT2D eigenvalue weighted by atomic mass is 32.2.